The second-order valence-corrected chi connectivity index (χ2v) is 4.05. The first-order chi connectivity index (χ1) is 6.89. The van der Waals surface area contributed by atoms with E-state index in [1.165, 1.54) is 6.42 Å². The van der Waals surface area contributed by atoms with Gasteiger partial charge in [0, 0.05) is 18.2 Å². The van der Waals surface area contributed by atoms with Gasteiger partial charge in [-0.25, -0.2) is 0 Å². The monoisotopic (exact) mass is 185 g/mol. The highest BCUT2D eigenvalue weighted by atomic mass is 15.1. The minimum Gasteiger partial charge on any atom is -0.315 e. The van der Waals surface area contributed by atoms with Gasteiger partial charge in [0.2, 0.25) is 0 Å². The van der Waals surface area contributed by atoms with Crippen LogP contribution in [0.5, 0.6) is 0 Å². The van der Waals surface area contributed by atoms with Gasteiger partial charge in [-0.15, -0.1) is 5.10 Å². The van der Waals surface area contributed by atoms with Crippen molar-refractivity contribution in [1.82, 2.24) is 15.5 Å². The highest BCUT2D eigenvalue weighted by Crippen LogP contribution is 2.54. The fourth-order valence-corrected chi connectivity index (χ4v) is 2.09. The summed E-state index contributed by atoms with van der Waals surface area (Å²) in [5, 5.41) is 11.1. The molecular formula is C11H11N3. The Morgan fingerprint density at radius 1 is 1.57 bits per heavy atom. The van der Waals surface area contributed by atoms with Crippen molar-refractivity contribution in [2.45, 2.75) is 6.42 Å². The summed E-state index contributed by atoms with van der Waals surface area (Å²) in [4.78, 5) is 0. The first-order valence-corrected chi connectivity index (χ1v) is 4.91. The van der Waals surface area contributed by atoms with Crippen LogP contribution in [0.15, 0.2) is 18.3 Å². The average Bonchev–Trinajstić information content (AvgIpc) is 2.80. The molecular weight excluding hydrogens is 174 g/mol. The first-order valence-electron chi connectivity index (χ1n) is 4.91. The zero-order chi connectivity index (χ0) is 9.43. The largest absolute Gasteiger partial charge is 0.315 e. The minimum atomic E-state index is 0.275. The molecule has 1 aromatic heterocycles. The van der Waals surface area contributed by atoms with Crippen molar-refractivity contribution < 1.29 is 0 Å². The van der Waals surface area contributed by atoms with E-state index < -0.39 is 0 Å². The van der Waals surface area contributed by atoms with Gasteiger partial charge in [-0.1, -0.05) is 5.92 Å². The van der Waals surface area contributed by atoms with Crippen LogP contribution in [0.1, 0.15) is 12.1 Å². The van der Waals surface area contributed by atoms with Crippen LogP contribution in [0.2, 0.25) is 0 Å². The predicted octanol–water partition coefficient (Wildman–Crippen LogP) is 0.438. The third-order valence-electron chi connectivity index (χ3n) is 3.07. The Bertz CT molecular complexity index is 404. The maximum Gasteiger partial charge on any atom is 0.135 e. The average molecular weight is 185 g/mol. The lowest BCUT2D eigenvalue weighted by molar-refractivity contribution is 0.666. The summed E-state index contributed by atoms with van der Waals surface area (Å²) in [7, 11) is 0. The Labute approximate surface area is 82.9 Å². The molecule has 0 spiro atoms. The Morgan fingerprint density at radius 2 is 2.57 bits per heavy atom. The molecule has 2 unspecified atom stereocenters. The van der Waals surface area contributed by atoms with Gasteiger partial charge < -0.3 is 5.32 Å². The summed E-state index contributed by atoms with van der Waals surface area (Å²) >= 11 is 0. The first kappa shape index (κ1) is 7.95. The third-order valence-corrected chi connectivity index (χ3v) is 3.07. The predicted molar refractivity (Wildman–Crippen MR) is 52.3 cm³/mol. The van der Waals surface area contributed by atoms with E-state index in [-0.39, 0.29) is 5.41 Å². The minimum absolute atomic E-state index is 0.275. The van der Waals surface area contributed by atoms with Gasteiger partial charge in [0.15, 0.2) is 0 Å². The Morgan fingerprint density at radius 3 is 3.21 bits per heavy atom. The standard InChI is InChI=1S/C11H11N3/c1-2-10(14-13-5-1)3-4-11-6-9(11)7-12-8-11/h1-2,5,9,12H,6-8H2. The molecule has 1 saturated carbocycles. The highest BCUT2D eigenvalue weighted by molar-refractivity contribution is 5.34. The molecule has 2 aliphatic rings. The van der Waals surface area contributed by atoms with E-state index in [9.17, 15) is 0 Å². The van der Waals surface area contributed by atoms with Crippen molar-refractivity contribution in [3.63, 3.8) is 0 Å². The molecule has 2 fully saturated rings. The number of aromatic nitrogens is 2. The van der Waals surface area contributed by atoms with E-state index in [4.69, 9.17) is 0 Å². The summed E-state index contributed by atoms with van der Waals surface area (Å²) in [5.74, 6) is 7.22. The van der Waals surface area contributed by atoms with Gasteiger partial charge in [0.25, 0.3) is 0 Å². The van der Waals surface area contributed by atoms with Gasteiger partial charge in [0.05, 0.1) is 0 Å². The lowest BCUT2D eigenvalue weighted by atomic mass is 10.1. The highest BCUT2D eigenvalue weighted by Gasteiger charge is 2.56. The SMILES string of the molecule is C(#CC12CNCC1C2)c1cccnn1. The quantitative estimate of drug-likeness (QED) is 0.596. The molecule has 3 rings (SSSR count). The van der Waals surface area contributed by atoms with Crippen LogP contribution >= 0.6 is 0 Å². The lowest BCUT2D eigenvalue weighted by Gasteiger charge is -1.99. The van der Waals surface area contributed by atoms with Crippen molar-refractivity contribution in [3.05, 3.63) is 24.0 Å². The fraction of sp³-hybridized carbons (Fsp3) is 0.455. The molecule has 3 nitrogen and oxygen atoms in total. The molecule has 1 aliphatic carbocycles. The molecule has 70 valence electrons. The smallest absolute Gasteiger partial charge is 0.135 e. The summed E-state index contributed by atoms with van der Waals surface area (Å²) in [6.07, 6.45) is 2.92. The molecule has 1 N–H and O–H groups in total. The molecule has 0 radical (unpaired) electrons. The molecule has 1 aliphatic heterocycles. The van der Waals surface area contributed by atoms with E-state index in [0.29, 0.717) is 0 Å². The van der Waals surface area contributed by atoms with E-state index >= 15 is 0 Å². The molecule has 0 bridgehead atoms. The molecule has 14 heavy (non-hydrogen) atoms. The van der Waals surface area contributed by atoms with Gasteiger partial charge in [-0.3, -0.25) is 0 Å². The summed E-state index contributed by atoms with van der Waals surface area (Å²) in [6, 6.07) is 3.77. The number of piperidine rings is 1. The lowest BCUT2D eigenvalue weighted by Crippen LogP contribution is -2.14. The number of rotatable bonds is 0. The zero-order valence-corrected chi connectivity index (χ0v) is 7.83. The van der Waals surface area contributed by atoms with Gasteiger partial charge in [-0.05, 0) is 36.9 Å². The summed E-state index contributed by atoms with van der Waals surface area (Å²) in [6.45, 7) is 2.18. The maximum absolute atomic E-state index is 3.95. The van der Waals surface area contributed by atoms with Crippen molar-refractivity contribution in [2.75, 3.05) is 13.1 Å². The van der Waals surface area contributed by atoms with Crippen LogP contribution in [0, 0.1) is 23.2 Å². The van der Waals surface area contributed by atoms with Crippen LogP contribution in [-0.4, -0.2) is 23.3 Å². The number of hydrogen-bond acceptors (Lipinski definition) is 3. The number of nitrogens with zero attached hydrogens (tertiary/aromatic N) is 2. The second-order valence-electron chi connectivity index (χ2n) is 4.05. The molecule has 3 heteroatoms. The number of fused-ring (bicyclic) bond motifs is 1. The third kappa shape index (κ3) is 1.19. The Balaban J connectivity index is 1.82. The van der Waals surface area contributed by atoms with E-state index in [2.05, 4.69) is 27.4 Å². The van der Waals surface area contributed by atoms with E-state index in [0.717, 1.165) is 24.7 Å². The molecule has 0 aromatic carbocycles. The van der Waals surface area contributed by atoms with Crippen molar-refractivity contribution in [3.8, 4) is 11.8 Å². The molecule has 2 atom stereocenters. The number of nitrogens with one attached hydrogen (secondary N) is 1. The fourth-order valence-electron chi connectivity index (χ4n) is 2.09. The van der Waals surface area contributed by atoms with Gasteiger partial charge in [-0.2, -0.15) is 5.10 Å². The Kier molecular flexibility index (Phi) is 1.59. The van der Waals surface area contributed by atoms with Crippen molar-refractivity contribution in [2.24, 2.45) is 11.3 Å². The summed E-state index contributed by atoms with van der Waals surface area (Å²) in [5.41, 5.74) is 1.05. The second kappa shape index (κ2) is 2.79. The maximum atomic E-state index is 3.95. The molecule has 1 saturated heterocycles. The molecule has 0 amide bonds. The van der Waals surface area contributed by atoms with Crippen LogP contribution < -0.4 is 5.32 Å². The molecule has 1 aromatic rings. The van der Waals surface area contributed by atoms with Crippen molar-refractivity contribution in [1.29, 1.82) is 0 Å². The zero-order valence-electron chi connectivity index (χ0n) is 7.83. The van der Waals surface area contributed by atoms with Crippen LogP contribution in [0.25, 0.3) is 0 Å². The van der Waals surface area contributed by atoms with Gasteiger partial charge >= 0.3 is 0 Å². The van der Waals surface area contributed by atoms with Crippen LogP contribution in [0.4, 0.5) is 0 Å². The van der Waals surface area contributed by atoms with Crippen molar-refractivity contribution >= 4 is 0 Å². The van der Waals surface area contributed by atoms with E-state index in [1.54, 1.807) is 6.20 Å². The summed E-state index contributed by atoms with van der Waals surface area (Å²) < 4.78 is 0. The van der Waals surface area contributed by atoms with Gasteiger partial charge in [0.1, 0.15) is 5.69 Å². The molecule has 2 heterocycles. The topological polar surface area (TPSA) is 37.8 Å². The van der Waals surface area contributed by atoms with Crippen LogP contribution in [0.3, 0.4) is 0 Å². The normalized spacial score (nSPS) is 33.0. The van der Waals surface area contributed by atoms with E-state index in [1.807, 2.05) is 12.1 Å². The Hall–Kier alpha value is -1.40. The van der Waals surface area contributed by atoms with Crippen LogP contribution in [-0.2, 0) is 0 Å². The number of hydrogen-bond donors (Lipinski definition) is 1.